The number of halogens is 1. The Morgan fingerprint density at radius 2 is 2.53 bits per heavy atom. The zero-order valence-corrected chi connectivity index (χ0v) is 9.23. The van der Waals surface area contributed by atoms with Crippen molar-refractivity contribution < 1.29 is 4.84 Å². The minimum Gasteiger partial charge on any atom is -0.301 e. The molecule has 0 aromatic carbocycles. The summed E-state index contributed by atoms with van der Waals surface area (Å²) in [6, 6.07) is 0. The Bertz CT molecular complexity index is 516. The molecule has 0 bridgehead atoms. The summed E-state index contributed by atoms with van der Waals surface area (Å²) in [5.41, 5.74) is 3.32. The molecule has 0 aliphatic heterocycles. The molecule has 1 N–H and O–H groups in total. The topological polar surface area (TPSA) is 51.5 Å². The van der Waals surface area contributed by atoms with E-state index in [9.17, 15) is 0 Å². The van der Waals surface area contributed by atoms with E-state index in [0.717, 1.165) is 0 Å². The van der Waals surface area contributed by atoms with Crippen LogP contribution in [-0.4, -0.2) is 21.0 Å². The van der Waals surface area contributed by atoms with E-state index >= 15 is 0 Å². The van der Waals surface area contributed by atoms with Gasteiger partial charge in [-0.3, -0.25) is 4.84 Å². The van der Waals surface area contributed by atoms with Crippen LogP contribution in [0.4, 0.5) is 5.82 Å². The maximum Gasteiger partial charge on any atom is 0.195 e. The van der Waals surface area contributed by atoms with Crippen LogP contribution in [-0.2, 0) is 4.84 Å². The van der Waals surface area contributed by atoms with Gasteiger partial charge in [-0.25, -0.2) is 15.4 Å². The van der Waals surface area contributed by atoms with Crippen LogP contribution >= 0.6 is 15.9 Å². The molecular formula is C9H7BrN4O. The highest BCUT2D eigenvalue weighted by atomic mass is 79.9. The molecule has 0 radical (unpaired) electrons. The van der Waals surface area contributed by atoms with Crippen molar-refractivity contribution in [3.8, 4) is 12.3 Å². The summed E-state index contributed by atoms with van der Waals surface area (Å²) in [5.74, 6) is 2.86. The number of terminal acetylenes is 1. The number of hydrogen-bond acceptors (Lipinski definition) is 4. The van der Waals surface area contributed by atoms with Gasteiger partial charge in [0.05, 0.1) is 0 Å². The summed E-state index contributed by atoms with van der Waals surface area (Å²) in [6.07, 6.45) is 10.3. The first-order valence-electron chi connectivity index (χ1n) is 4.12. The Kier molecular flexibility index (Phi) is 2.85. The van der Waals surface area contributed by atoms with Gasteiger partial charge >= 0.3 is 0 Å². The first kappa shape index (κ1) is 9.96. The van der Waals surface area contributed by atoms with Gasteiger partial charge in [-0.2, -0.15) is 0 Å². The van der Waals surface area contributed by atoms with E-state index in [1.807, 2.05) is 10.6 Å². The van der Waals surface area contributed by atoms with Gasteiger partial charge in [-0.15, -0.1) is 6.42 Å². The Hall–Kier alpha value is -1.58. The molecule has 0 amide bonds. The molecule has 2 aromatic heterocycles. The van der Waals surface area contributed by atoms with Crippen molar-refractivity contribution in [1.82, 2.24) is 14.4 Å². The number of aromatic nitrogens is 3. The average Bonchev–Trinajstić information content (AvgIpc) is 2.65. The first-order chi connectivity index (χ1) is 7.31. The van der Waals surface area contributed by atoms with Crippen LogP contribution in [0.15, 0.2) is 23.2 Å². The van der Waals surface area contributed by atoms with Crippen LogP contribution in [0.1, 0.15) is 0 Å². The van der Waals surface area contributed by atoms with Crippen LogP contribution in [0.3, 0.4) is 0 Å². The van der Waals surface area contributed by atoms with E-state index in [0.29, 0.717) is 16.1 Å². The fraction of sp³-hybridized carbons (Fsp3) is 0.111. The van der Waals surface area contributed by atoms with Crippen molar-refractivity contribution in [2.24, 2.45) is 0 Å². The summed E-state index contributed by atoms with van der Waals surface area (Å²) >= 11 is 3.28. The van der Waals surface area contributed by atoms with Crippen molar-refractivity contribution in [2.45, 2.75) is 0 Å². The molecule has 0 saturated heterocycles. The Morgan fingerprint density at radius 3 is 3.33 bits per heavy atom. The summed E-state index contributed by atoms with van der Waals surface area (Å²) in [5, 5.41) is 0. The van der Waals surface area contributed by atoms with Gasteiger partial charge in [-0.05, 0) is 15.9 Å². The van der Waals surface area contributed by atoms with E-state index in [-0.39, 0.29) is 6.61 Å². The van der Waals surface area contributed by atoms with Crippen LogP contribution in [0.25, 0.3) is 5.65 Å². The van der Waals surface area contributed by atoms with Gasteiger partial charge in [0, 0.05) is 18.6 Å². The fourth-order valence-electron chi connectivity index (χ4n) is 1.12. The van der Waals surface area contributed by atoms with Crippen molar-refractivity contribution in [3.05, 3.63) is 23.2 Å². The van der Waals surface area contributed by atoms with E-state index in [1.165, 1.54) is 0 Å². The maximum atomic E-state index is 5.05. The molecule has 0 saturated carbocycles. The lowest BCUT2D eigenvalue weighted by Gasteiger charge is -2.05. The van der Waals surface area contributed by atoms with E-state index < -0.39 is 0 Å². The number of nitrogens with one attached hydrogen (secondary N) is 1. The second-order valence-corrected chi connectivity index (χ2v) is 3.48. The first-order valence-corrected chi connectivity index (χ1v) is 4.91. The standard InChI is InChI=1S/C9H7BrN4O/c1-2-5-15-13-8-9-11-3-4-14(9)6-7(10)12-8/h1,3-4,6H,5H2,(H,12,13). The van der Waals surface area contributed by atoms with Gasteiger partial charge in [0.2, 0.25) is 0 Å². The fourth-order valence-corrected chi connectivity index (χ4v) is 1.51. The molecule has 0 spiro atoms. The average molecular weight is 267 g/mol. The van der Waals surface area contributed by atoms with Crippen molar-refractivity contribution in [1.29, 1.82) is 0 Å². The van der Waals surface area contributed by atoms with Crippen LogP contribution < -0.4 is 5.48 Å². The predicted molar refractivity (Wildman–Crippen MR) is 59.1 cm³/mol. The lowest BCUT2D eigenvalue weighted by Crippen LogP contribution is -2.05. The number of hydrogen-bond donors (Lipinski definition) is 1. The Balaban J connectivity index is 2.32. The van der Waals surface area contributed by atoms with Gasteiger partial charge in [0.1, 0.15) is 11.2 Å². The normalized spacial score (nSPS) is 10.1. The lowest BCUT2D eigenvalue weighted by atomic mass is 10.6. The Morgan fingerprint density at radius 1 is 1.67 bits per heavy atom. The van der Waals surface area contributed by atoms with Gasteiger partial charge < -0.3 is 4.40 Å². The molecule has 0 atom stereocenters. The molecule has 0 unspecified atom stereocenters. The van der Waals surface area contributed by atoms with Crippen molar-refractivity contribution in [2.75, 3.05) is 12.1 Å². The van der Waals surface area contributed by atoms with Crippen LogP contribution in [0.2, 0.25) is 0 Å². The molecule has 5 nitrogen and oxygen atoms in total. The second kappa shape index (κ2) is 4.29. The number of anilines is 1. The minimum absolute atomic E-state index is 0.168. The molecule has 0 fully saturated rings. The number of nitrogens with zero attached hydrogens (tertiary/aromatic N) is 3. The molecule has 2 aromatic rings. The summed E-state index contributed by atoms with van der Waals surface area (Å²) in [4.78, 5) is 13.3. The third-order valence-electron chi connectivity index (χ3n) is 1.67. The molecule has 76 valence electrons. The second-order valence-electron chi connectivity index (χ2n) is 2.67. The highest BCUT2D eigenvalue weighted by Gasteiger charge is 2.05. The molecule has 2 rings (SSSR count). The lowest BCUT2D eigenvalue weighted by molar-refractivity contribution is 0.232. The zero-order chi connectivity index (χ0) is 10.7. The van der Waals surface area contributed by atoms with Crippen molar-refractivity contribution >= 4 is 27.4 Å². The molecule has 6 heteroatoms. The molecule has 2 heterocycles. The van der Waals surface area contributed by atoms with E-state index in [1.54, 1.807) is 12.4 Å². The highest BCUT2D eigenvalue weighted by molar-refractivity contribution is 9.10. The molecule has 0 aliphatic rings. The molecule has 15 heavy (non-hydrogen) atoms. The van der Waals surface area contributed by atoms with Gasteiger partial charge in [-0.1, -0.05) is 5.92 Å². The van der Waals surface area contributed by atoms with Gasteiger partial charge in [0.15, 0.2) is 11.5 Å². The summed E-state index contributed by atoms with van der Waals surface area (Å²) in [7, 11) is 0. The van der Waals surface area contributed by atoms with Crippen LogP contribution in [0.5, 0.6) is 0 Å². The third kappa shape index (κ3) is 2.09. The Labute approximate surface area is 94.6 Å². The van der Waals surface area contributed by atoms with E-state index in [4.69, 9.17) is 11.3 Å². The number of imidazole rings is 1. The van der Waals surface area contributed by atoms with Gasteiger partial charge in [0.25, 0.3) is 0 Å². The maximum absolute atomic E-state index is 5.05. The minimum atomic E-state index is 0.168. The highest BCUT2D eigenvalue weighted by Crippen LogP contribution is 2.16. The summed E-state index contributed by atoms with van der Waals surface area (Å²) in [6.45, 7) is 0.168. The number of fused-ring (bicyclic) bond motifs is 1. The number of rotatable bonds is 3. The van der Waals surface area contributed by atoms with Crippen molar-refractivity contribution in [3.63, 3.8) is 0 Å². The van der Waals surface area contributed by atoms with Crippen LogP contribution in [0, 0.1) is 12.3 Å². The largest absolute Gasteiger partial charge is 0.301 e. The monoisotopic (exact) mass is 266 g/mol. The SMILES string of the molecule is C#CCONc1nc(Br)cn2ccnc12. The third-order valence-corrected chi connectivity index (χ3v) is 2.05. The summed E-state index contributed by atoms with van der Waals surface area (Å²) < 4.78 is 2.50. The molecular weight excluding hydrogens is 260 g/mol. The molecule has 0 aliphatic carbocycles. The quantitative estimate of drug-likeness (QED) is 0.519. The predicted octanol–water partition coefficient (Wildman–Crippen LogP) is 1.47. The van der Waals surface area contributed by atoms with E-state index in [2.05, 4.69) is 37.3 Å². The smallest absolute Gasteiger partial charge is 0.195 e. The zero-order valence-electron chi connectivity index (χ0n) is 7.64.